The third-order valence-electron chi connectivity index (χ3n) is 5.52. The van der Waals surface area contributed by atoms with Crippen LogP contribution in [-0.2, 0) is 12.5 Å². The predicted molar refractivity (Wildman–Crippen MR) is 88.1 cm³/mol. The van der Waals surface area contributed by atoms with Crippen molar-refractivity contribution >= 4 is 22.4 Å². The third-order valence-corrected chi connectivity index (χ3v) is 5.52. The maximum atomic E-state index is 13.5. The van der Waals surface area contributed by atoms with Crippen molar-refractivity contribution in [3.05, 3.63) is 18.0 Å². The fourth-order valence-corrected chi connectivity index (χ4v) is 3.92. The third kappa shape index (κ3) is 2.03. The summed E-state index contributed by atoms with van der Waals surface area (Å²) < 4.78 is 42.2. The van der Waals surface area contributed by atoms with Crippen molar-refractivity contribution < 1.29 is 13.2 Å². The summed E-state index contributed by atoms with van der Waals surface area (Å²) in [5.41, 5.74) is 7.06. The number of aromatic nitrogens is 2. The van der Waals surface area contributed by atoms with Crippen LogP contribution in [0.4, 0.5) is 24.5 Å². The number of anilines is 2. The Morgan fingerprint density at radius 1 is 1.29 bits per heavy atom. The molecule has 1 saturated heterocycles. The van der Waals surface area contributed by atoms with E-state index < -0.39 is 11.6 Å². The van der Waals surface area contributed by atoms with E-state index in [4.69, 9.17) is 5.73 Å². The second-order valence-corrected chi connectivity index (χ2v) is 7.29. The zero-order valence-electron chi connectivity index (χ0n) is 13.8. The molecule has 4 nitrogen and oxygen atoms in total. The highest BCUT2D eigenvalue weighted by atomic mass is 19.4. The largest absolute Gasteiger partial charge is 0.401 e. The van der Waals surface area contributed by atoms with Gasteiger partial charge >= 0.3 is 6.18 Å². The number of alkyl halides is 3. The molecular weight excluding hydrogens is 317 g/mol. The first-order valence-electron chi connectivity index (χ1n) is 8.31. The van der Waals surface area contributed by atoms with E-state index in [1.165, 1.54) is 0 Å². The molecule has 130 valence electrons. The minimum absolute atomic E-state index is 0.110. The molecule has 0 unspecified atom stereocenters. The predicted octanol–water partition coefficient (Wildman–Crippen LogP) is 3.60. The Balaban J connectivity index is 1.90. The summed E-state index contributed by atoms with van der Waals surface area (Å²) in [7, 11) is 1.67. The van der Waals surface area contributed by atoms with Crippen LogP contribution in [0, 0.1) is 5.92 Å². The minimum Gasteiger partial charge on any atom is -0.397 e. The van der Waals surface area contributed by atoms with Crippen molar-refractivity contribution in [1.29, 1.82) is 0 Å². The maximum Gasteiger partial charge on any atom is 0.401 e. The number of hydrogen-bond acceptors (Lipinski definition) is 3. The van der Waals surface area contributed by atoms with Crippen LogP contribution >= 0.6 is 0 Å². The molecule has 7 heteroatoms. The smallest absolute Gasteiger partial charge is 0.397 e. The summed E-state index contributed by atoms with van der Waals surface area (Å²) >= 11 is 0. The van der Waals surface area contributed by atoms with E-state index in [1.807, 2.05) is 0 Å². The average molecular weight is 338 g/mol. The summed E-state index contributed by atoms with van der Waals surface area (Å²) in [4.78, 5) is 6.62. The topological polar surface area (TPSA) is 47.1 Å². The number of imidazole rings is 1. The average Bonchev–Trinajstić information content (AvgIpc) is 3.11. The molecule has 1 saturated carbocycles. The molecule has 2 N–H and O–H groups in total. The molecule has 4 rings (SSSR count). The van der Waals surface area contributed by atoms with Gasteiger partial charge in [0, 0.05) is 20.1 Å². The Morgan fingerprint density at radius 3 is 2.54 bits per heavy atom. The Bertz CT molecular complexity index is 804. The summed E-state index contributed by atoms with van der Waals surface area (Å²) in [5, 5.41) is 0. The van der Waals surface area contributed by atoms with Gasteiger partial charge in [0.2, 0.25) is 0 Å². The fraction of sp³-hybridized carbons (Fsp3) is 0.588. The van der Waals surface area contributed by atoms with Crippen molar-refractivity contribution in [2.24, 2.45) is 13.0 Å². The first-order chi connectivity index (χ1) is 11.2. The van der Waals surface area contributed by atoms with Gasteiger partial charge in [0.05, 0.1) is 16.9 Å². The van der Waals surface area contributed by atoms with E-state index in [9.17, 15) is 13.2 Å². The van der Waals surface area contributed by atoms with Gasteiger partial charge in [-0.3, -0.25) is 0 Å². The van der Waals surface area contributed by atoms with Crippen molar-refractivity contribution in [2.75, 3.05) is 23.7 Å². The van der Waals surface area contributed by atoms with Gasteiger partial charge in [-0.15, -0.1) is 0 Å². The lowest BCUT2D eigenvalue weighted by Gasteiger charge is -2.20. The molecule has 1 aliphatic carbocycles. The van der Waals surface area contributed by atoms with Gasteiger partial charge in [-0.05, 0) is 37.3 Å². The Morgan fingerprint density at radius 2 is 2.00 bits per heavy atom. The minimum atomic E-state index is -4.27. The number of halogens is 3. The fourth-order valence-electron chi connectivity index (χ4n) is 3.92. The number of fused-ring (bicyclic) bond motifs is 1. The molecule has 1 aliphatic heterocycles. The van der Waals surface area contributed by atoms with Gasteiger partial charge in [0.15, 0.2) is 0 Å². The molecule has 2 heterocycles. The number of hydrogen-bond donors (Lipinski definition) is 1. The number of aryl methyl sites for hydroxylation is 1. The summed E-state index contributed by atoms with van der Waals surface area (Å²) in [5.74, 6) is 0.664. The molecule has 0 amide bonds. The standard InChI is InChI=1S/C17H21F3N4/c1-10-5-8-24(9-10)14-11(21)3-4-12-13(14)22-15(23(12)2)16(6-7-16)17(18,19)20/h3-4,10H,5-9,21H2,1-2H3/t10-/m0/s1. The molecule has 24 heavy (non-hydrogen) atoms. The van der Waals surface area contributed by atoms with Gasteiger partial charge in [0.25, 0.3) is 0 Å². The van der Waals surface area contributed by atoms with Gasteiger partial charge in [-0.25, -0.2) is 4.98 Å². The van der Waals surface area contributed by atoms with Crippen LogP contribution in [0.1, 0.15) is 32.0 Å². The number of nitrogen functional groups attached to an aromatic ring is 1. The zero-order chi connectivity index (χ0) is 17.3. The highest BCUT2D eigenvalue weighted by Gasteiger charge is 2.66. The SMILES string of the molecule is C[C@H]1CCN(c2c(N)ccc3c2nc(C2(C(F)(F)F)CC2)n3C)C1. The van der Waals surface area contributed by atoms with E-state index in [-0.39, 0.29) is 18.7 Å². The number of benzene rings is 1. The number of nitrogens with zero attached hydrogens (tertiary/aromatic N) is 3. The van der Waals surface area contributed by atoms with Crippen molar-refractivity contribution in [3.8, 4) is 0 Å². The Kier molecular flexibility index (Phi) is 3.12. The van der Waals surface area contributed by atoms with Crippen molar-refractivity contribution in [3.63, 3.8) is 0 Å². The first-order valence-corrected chi connectivity index (χ1v) is 8.31. The number of rotatable bonds is 2. The zero-order valence-corrected chi connectivity index (χ0v) is 13.8. The van der Waals surface area contributed by atoms with Crippen LogP contribution in [0.3, 0.4) is 0 Å². The lowest BCUT2D eigenvalue weighted by Crippen LogP contribution is -2.31. The van der Waals surface area contributed by atoms with Crippen molar-refractivity contribution in [2.45, 2.75) is 37.8 Å². The van der Waals surface area contributed by atoms with Gasteiger partial charge < -0.3 is 15.2 Å². The number of nitrogens with two attached hydrogens (primary N) is 1. The van der Waals surface area contributed by atoms with Crippen LogP contribution in [0.2, 0.25) is 0 Å². The molecule has 2 aliphatic rings. The first kappa shape index (κ1) is 15.6. The monoisotopic (exact) mass is 338 g/mol. The van der Waals surface area contributed by atoms with Crippen LogP contribution in [0.25, 0.3) is 11.0 Å². The second kappa shape index (κ2) is 4.80. The van der Waals surface area contributed by atoms with Crippen LogP contribution in [0.5, 0.6) is 0 Å². The molecular formula is C17H21F3N4. The highest BCUT2D eigenvalue weighted by Crippen LogP contribution is 2.59. The summed E-state index contributed by atoms with van der Waals surface area (Å²) in [6, 6.07) is 3.55. The molecule has 0 bridgehead atoms. The normalized spacial score (nSPS) is 23.2. The quantitative estimate of drug-likeness (QED) is 0.851. The van der Waals surface area contributed by atoms with E-state index in [2.05, 4.69) is 16.8 Å². The lowest BCUT2D eigenvalue weighted by atomic mass is 10.1. The van der Waals surface area contributed by atoms with Gasteiger partial charge in [-0.2, -0.15) is 13.2 Å². The molecule has 2 fully saturated rings. The van der Waals surface area contributed by atoms with Crippen LogP contribution < -0.4 is 10.6 Å². The molecule has 2 aromatic rings. The summed E-state index contributed by atoms with van der Waals surface area (Å²) in [6.07, 6.45) is -2.99. The van der Waals surface area contributed by atoms with Crippen molar-refractivity contribution in [1.82, 2.24) is 9.55 Å². The van der Waals surface area contributed by atoms with E-state index in [0.29, 0.717) is 22.6 Å². The van der Waals surface area contributed by atoms with E-state index in [1.54, 1.807) is 23.7 Å². The molecule has 0 radical (unpaired) electrons. The summed E-state index contributed by atoms with van der Waals surface area (Å²) in [6.45, 7) is 3.89. The highest BCUT2D eigenvalue weighted by molar-refractivity contribution is 5.96. The molecule has 0 spiro atoms. The van der Waals surface area contributed by atoms with Crippen LogP contribution in [0.15, 0.2) is 12.1 Å². The Hall–Kier alpha value is -1.92. The molecule has 1 aromatic carbocycles. The second-order valence-electron chi connectivity index (χ2n) is 7.29. The van der Waals surface area contributed by atoms with E-state index in [0.717, 1.165) is 25.2 Å². The van der Waals surface area contributed by atoms with Crippen LogP contribution in [-0.4, -0.2) is 28.8 Å². The van der Waals surface area contributed by atoms with Gasteiger partial charge in [-0.1, -0.05) is 6.92 Å². The lowest BCUT2D eigenvalue weighted by molar-refractivity contribution is -0.162. The van der Waals surface area contributed by atoms with Gasteiger partial charge in [0.1, 0.15) is 16.8 Å². The Labute approximate surface area is 138 Å². The maximum absolute atomic E-state index is 13.5. The van der Waals surface area contributed by atoms with E-state index >= 15 is 0 Å². The molecule has 1 aromatic heterocycles. The molecule has 1 atom stereocenters.